The minimum Gasteiger partial charge on any atom is -0.350 e. The van der Waals surface area contributed by atoms with E-state index in [1.807, 2.05) is 13.0 Å². The Hall–Kier alpha value is -4.21. The molecule has 2 aromatic carbocycles. The number of halogens is 3. The Morgan fingerprint density at radius 1 is 0.917 bits per heavy atom. The predicted octanol–water partition coefficient (Wildman–Crippen LogP) is 4.48. The van der Waals surface area contributed by atoms with Crippen LogP contribution in [0.1, 0.15) is 29.5 Å². The molecule has 0 unspecified atom stereocenters. The number of rotatable bonds is 9. The van der Waals surface area contributed by atoms with Crippen molar-refractivity contribution in [1.29, 1.82) is 0 Å². The van der Waals surface area contributed by atoms with Gasteiger partial charge >= 0.3 is 6.18 Å². The molecule has 0 aliphatic rings. The molecule has 3 aromatic rings. The Morgan fingerprint density at radius 2 is 1.67 bits per heavy atom. The first-order chi connectivity index (χ1) is 17.1. The lowest BCUT2D eigenvalue weighted by Gasteiger charge is -2.23. The molecule has 0 aliphatic carbocycles. The van der Waals surface area contributed by atoms with Gasteiger partial charge in [-0.05, 0) is 48.4 Å². The number of nitrogens with one attached hydrogen (secondary N) is 2. The van der Waals surface area contributed by atoms with Crippen LogP contribution in [0.3, 0.4) is 0 Å². The van der Waals surface area contributed by atoms with Gasteiger partial charge in [0.1, 0.15) is 12.4 Å². The summed E-state index contributed by atoms with van der Waals surface area (Å²) in [7, 11) is 0. The third kappa shape index (κ3) is 7.93. The molecule has 0 spiro atoms. The second-order valence-corrected chi connectivity index (χ2v) is 8.06. The Balaban J connectivity index is 1.71. The number of carbonyl (C=O) groups is 3. The molecule has 1 aromatic heterocycles. The standard InChI is InChI=1S/C26H25F3N4O3/c1-18-12-13-30-22(14-18)32-23(34)10-11-25(36)33(21-9-5-8-20(15-21)26(27,28)29)17-24(35)31-16-19-6-3-2-4-7-19/h2-9,12-15H,10-11,16-17H2,1H3,(H,31,35)(H,30,32,34). The van der Waals surface area contributed by atoms with Crippen molar-refractivity contribution >= 4 is 29.2 Å². The van der Waals surface area contributed by atoms with Gasteiger partial charge in [0.25, 0.3) is 0 Å². The number of hydrogen-bond donors (Lipinski definition) is 2. The number of amides is 3. The predicted molar refractivity (Wildman–Crippen MR) is 129 cm³/mol. The molecule has 0 radical (unpaired) electrons. The van der Waals surface area contributed by atoms with Gasteiger partial charge in [-0.2, -0.15) is 13.2 Å². The van der Waals surface area contributed by atoms with Gasteiger partial charge in [-0.3, -0.25) is 14.4 Å². The number of alkyl halides is 3. The van der Waals surface area contributed by atoms with Crippen LogP contribution in [0.2, 0.25) is 0 Å². The van der Waals surface area contributed by atoms with Crippen molar-refractivity contribution < 1.29 is 27.6 Å². The molecule has 0 bridgehead atoms. The lowest BCUT2D eigenvalue weighted by Crippen LogP contribution is -2.41. The van der Waals surface area contributed by atoms with E-state index in [0.717, 1.165) is 34.2 Å². The Labute approximate surface area is 206 Å². The molecule has 7 nitrogen and oxygen atoms in total. The third-order valence-electron chi connectivity index (χ3n) is 5.17. The normalized spacial score (nSPS) is 11.0. The van der Waals surface area contributed by atoms with Crippen molar-refractivity contribution in [2.24, 2.45) is 0 Å². The molecule has 3 amide bonds. The van der Waals surface area contributed by atoms with Gasteiger partial charge in [0.2, 0.25) is 17.7 Å². The smallest absolute Gasteiger partial charge is 0.350 e. The van der Waals surface area contributed by atoms with Gasteiger partial charge in [-0.15, -0.1) is 0 Å². The fourth-order valence-electron chi connectivity index (χ4n) is 3.33. The van der Waals surface area contributed by atoms with Crippen LogP contribution in [0.4, 0.5) is 24.7 Å². The molecule has 10 heteroatoms. The highest BCUT2D eigenvalue weighted by Crippen LogP contribution is 2.31. The first-order valence-electron chi connectivity index (χ1n) is 11.1. The van der Waals surface area contributed by atoms with E-state index in [1.165, 1.54) is 12.3 Å². The van der Waals surface area contributed by atoms with E-state index in [0.29, 0.717) is 5.82 Å². The maximum atomic E-state index is 13.3. The number of nitrogens with zero attached hydrogens (tertiary/aromatic N) is 2. The number of carbonyl (C=O) groups excluding carboxylic acids is 3. The Morgan fingerprint density at radius 3 is 2.36 bits per heavy atom. The van der Waals surface area contributed by atoms with Crippen molar-refractivity contribution in [1.82, 2.24) is 10.3 Å². The summed E-state index contributed by atoms with van der Waals surface area (Å²) in [6.07, 6.45) is -3.66. The van der Waals surface area contributed by atoms with Crippen molar-refractivity contribution in [2.45, 2.75) is 32.5 Å². The highest BCUT2D eigenvalue weighted by Gasteiger charge is 2.31. The number of pyridine rings is 1. The molecule has 2 N–H and O–H groups in total. The van der Waals surface area contributed by atoms with Gasteiger partial charge in [-0.25, -0.2) is 4.98 Å². The largest absolute Gasteiger partial charge is 0.416 e. The first kappa shape index (κ1) is 26.4. The molecule has 3 rings (SSSR count). The number of aryl methyl sites for hydroxylation is 1. The lowest BCUT2D eigenvalue weighted by molar-refractivity contribution is -0.137. The van der Waals surface area contributed by atoms with Crippen LogP contribution in [0.5, 0.6) is 0 Å². The average molecular weight is 499 g/mol. The minimum atomic E-state index is -4.62. The fraction of sp³-hybridized carbons (Fsp3) is 0.231. The van der Waals surface area contributed by atoms with Crippen molar-refractivity contribution in [2.75, 3.05) is 16.8 Å². The van der Waals surface area contributed by atoms with Gasteiger partial charge in [0, 0.05) is 31.3 Å². The second-order valence-electron chi connectivity index (χ2n) is 8.06. The van der Waals surface area contributed by atoms with Crippen LogP contribution in [-0.4, -0.2) is 29.3 Å². The third-order valence-corrected chi connectivity index (χ3v) is 5.17. The summed E-state index contributed by atoms with van der Waals surface area (Å²) < 4.78 is 39.8. The van der Waals surface area contributed by atoms with Crippen molar-refractivity contribution in [3.8, 4) is 0 Å². The number of anilines is 2. The Bertz CT molecular complexity index is 1220. The lowest BCUT2D eigenvalue weighted by atomic mass is 10.1. The Kier molecular flexibility index (Phi) is 8.77. The molecule has 0 saturated carbocycles. The van der Waals surface area contributed by atoms with E-state index in [9.17, 15) is 27.6 Å². The topological polar surface area (TPSA) is 91.4 Å². The molecule has 0 aliphatic heterocycles. The van der Waals surface area contributed by atoms with Gasteiger partial charge < -0.3 is 15.5 Å². The van der Waals surface area contributed by atoms with Crippen LogP contribution in [-0.2, 0) is 27.1 Å². The highest BCUT2D eigenvalue weighted by molar-refractivity contribution is 6.01. The van der Waals surface area contributed by atoms with E-state index in [-0.39, 0.29) is 25.1 Å². The summed E-state index contributed by atoms with van der Waals surface area (Å²) in [6, 6.07) is 16.6. The van der Waals surface area contributed by atoms with Crippen LogP contribution >= 0.6 is 0 Å². The average Bonchev–Trinajstić information content (AvgIpc) is 2.85. The van der Waals surface area contributed by atoms with Gasteiger partial charge in [0.15, 0.2) is 0 Å². The number of aromatic nitrogens is 1. The van der Waals surface area contributed by atoms with Crippen molar-refractivity contribution in [3.63, 3.8) is 0 Å². The summed E-state index contributed by atoms with van der Waals surface area (Å²) in [5.41, 5.74) is 0.661. The quantitative estimate of drug-likeness (QED) is 0.455. The molecular weight excluding hydrogens is 473 g/mol. The molecule has 188 valence electrons. The van der Waals surface area contributed by atoms with Crippen molar-refractivity contribution in [3.05, 3.63) is 89.6 Å². The monoisotopic (exact) mass is 498 g/mol. The van der Waals surface area contributed by atoms with E-state index in [1.54, 1.807) is 36.4 Å². The van der Waals surface area contributed by atoms with Gasteiger partial charge in [0.05, 0.1) is 5.56 Å². The first-order valence-corrected chi connectivity index (χ1v) is 11.1. The number of benzene rings is 2. The maximum absolute atomic E-state index is 13.3. The van der Waals surface area contributed by atoms with E-state index < -0.39 is 36.0 Å². The summed E-state index contributed by atoms with van der Waals surface area (Å²) in [6.45, 7) is 1.51. The van der Waals surface area contributed by atoms with E-state index in [4.69, 9.17) is 0 Å². The highest BCUT2D eigenvalue weighted by atomic mass is 19.4. The van der Waals surface area contributed by atoms with Crippen LogP contribution in [0, 0.1) is 6.92 Å². The summed E-state index contributed by atoms with van der Waals surface area (Å²) in [5.74, 6) is -1.39. The summed E-state index contributed by atoms with van der Waals surface area (Å²) in [4.78, 5) is 42.9. The number of hydrogen-bond acceptors (Lipinski definition) is 4. The molecule has 0 atom stereocenters. The summed E-state index contributed by atoms with van der Waals surface area (Å²) >= 11 is 0. The second kappa shape index (κ2) is 12.0. The molecule has 36 heavy (non-hydrogen) atoms. The van der Waals surface area contributed by atoms with Gasteiger partial charge in [-0.1, -0.05) is 36.4 Å². The zero-order valence-electron chi connectivity index (χ0n) is 19.5. The fourth-order valence-corrected chi connectivity index (χ4v) is 3.33. The van der Waals surface area contributed by atoms with E-state index >= 15 is 0 Å². The van der Waals surface area contributed by atoms with Crippen LogP contribution < -0.4 is 15.5 Å². The van der Waals surface area contributed by atoms with Crippen LogP contribution in [0.25, 0.3) is 0 Å². The molecular formula is C26H25F3N4O3. The summed E-state index contributed by atoms with van der Waals surface area (Å²) in [5, 5.41) is 5.24. The van der Waals surface area contributed by atoms with Crippen LogP contribution in [0.15, 0.2) is 72.9 Å². The SMILES string of the molecule is Cc1ccnc(NC(=O)CCC(=O)N(CC(=O)NCc2ccccc2)c2cccc(C(F)(F)F)c2)c1. The molecule has 0 saturated heterocycles. The molecule has 1 heterocycles. The maximum Gasteiger partial charge on any atom is 0.416 e. The zero-order chi connectivity index (χ0) is 26.1. The zero-order valence-corrected chi connectivity index (χ0v) is 19.5. The van der Waals surface area contributed by atoms with E-state index in [2.05, 4.69) is 15.6 Å². The molecule has 0 fully saturated rings. The minimum absolute atomic E-state index is 0.0922.